The van der Waals surface area contributed by atoms with Crippen molar-refractivity contribution < 1.29 is 4.57 Å². The number of hydrogen-bond donors (Lipinski definition) is 0. The van der Waals surface area contributed by atoms with E-state index in [1.165, 1.54) is 19.0 Å². The Hall–Kier alpha value is -0.153. The minimum atomic E-state index is -0.801. The molecule has 1 aromatic heterocycles. The van der Waals surface area contributed by atoms with Crippen LogP contribution >= 0.6 is 11.3 Å². The van der Waals surface area contributed by atoms with Crippen LogP contribution in [-0.4, -0.2) is 8.07 Å². The monoisotopic (exact) mass is 200 g/mol. The second kappa shape index (κ2) is 4.19. The van der Waals surface area contributed by atoms with E-state index in [1.807, 2.05) is 0 Å². The minimum absolute atomic E-state index is 0.801. The first kappa shape index (κ1) is 9.93. The fourth-order valence-electron chi connectivity index (χ4n) is 1.18. The van der Waals surface area contributed by atoms with Crippen LogP contribution < -0.4 is 4.57 Å². The van der Waals surface area contributed by atoms with Gasteiger partial charge in [0, 0.05) is 14.5 Å². The highest BCUT2D eigenvalue weighted by Gasteiger charge is 2.13. The lowest BCUT2D eigenvalue weighted by Crippen LogP contribution is -2.31. The van der Waals surface area contributed by atoms with Gasteiger partial charge in [0.2, 0.25) is 5.51 Å². The maximum atomic E-state index is 2.44. The van der Waals surface area contributed by atoms with Crippen LogP contribution in [0.1, 0.15) is 6.42 Å². The Balaban J connectivity index is 2.20. The molecule has 1 rings (SSSR count). The lowest BCUT2D eigenvalue weighted by Gasteiger charge is -2.13. The standard InChI is InChI=1S/C9H18NSSi/c1-12(2,3)8-4-5-10-6-7-11-9-10/h6-7,9H,4-5,8H2,1-3H3/q+1. The van der Waals surface area contributed by atoms with Gasteiger partial charge < -0.3 is 0 Å². The van der Waals surface area contributed by atoms with Gasteiger partial charge in [-0.25, -0.2) is 0 Å². The zero-order valence-electron chi connectivity index (χ0n) is 8.21. The van der Waals surface area contributed by atoms with E-state index in [0.717, 1.165) is 0 Å². The third-order valence-electron chi connectivity index (χ3n) is 1.87. The average molecular weight is 200 g/mol. The first-order valence-corrected chi connectivity index (χ1v) is 9.14. The molecule has 0 bridgehead atoms. The Labute approximate surface area is 80.1 Å². The largest absolute Gasteiger partial charge is 0.224 e. The SMILES string of the molecule is C[Si](C)(C)CCC[n+]1ccsc1. The van der Waals surface area contributed by atoms with Crippen molar-refractivity contribution in [2.45, 2.75) is 38.7 Å². The molecule has 0 aliphatic rings. The van der Waals surface area contributed by atoms with E-state index >= 15 is 0 Å². The first-order valence-electron chi connectivity index (χ1n) is 4.49. The van der Waals surface area contributed by atoms with E-state index in [4.69, 9.17) is 0 Å². The number of aromatic nitrogens is 1. The Bertz CT molecular complexity index is 213. The highest BCUT2D eigenvalue weighted by molar-refractivity contribution is 7.07. The third kappa shape index (κ3) is 4.02. The minimum Gasteiger partial charge on any atom is -0.195 e. The molecule has 0 aliphatic heterocycles. The van der Waals surface area contributed by atoms with Gasteiger partial charge >= 0.3 is 0 Å². The predicted molar refractivity (Wildman–Crippen MR) is 57.3 cm³/mol. The van der Waals surface area contributed by atoms with Crippen molar-refractivity contribution in [3.8, 4) is 0 Å². The highest BCUT2D eigenvalue weighted by atomic mass is 32.1. The fourth-order valence-corrected chi connectivity index (χ4v) is 3.03. The third-order valence-corrected chi connectivity index (χ3v) is 4.40. The molecule has 0 fully saturated rings. The lowest BCUT2D eigenvalue weighted by molar-refractivity contribution is -0.692. The summed E-state index contributed by atoms with van der Waals surface area (Å²) in [7, 11) is -0.801. The fraction of sp³-hybridized carbons (Fsp3) is 0.667. The van der Waals surface area contributed by atoms with Gasteiger partial charge in [-0.1, -0.05) is 37.0 Å². The zero-order chi connectivity index (χ0) is 9.03. The molecule has 0 unspecified atom stereocenters. The van der Waals surface area contributed by atoms with Crippen molar-refractivity contribution in [2.24, 2.45) is 0 Å². The molecule has 0 N–H and O–H groups in total. The predicted octanol–water partition coefficient (Wildman–Crippen LogP) is 2.76. The normalized spacial score (nSPS) is 11.9. The van der Waals surface area contributed by atoms with Crippen LogP contribution in [0, 0.1) is 0 Å². The molecular weight excluding hydrogens is 182 g/mol. The van der Waals surface area contributed by atoms with Crippen LogP contribution in [0.15, 0.2) is 17.1 Å². The van der Waals surface area contributed by atoms with E-state index in [-0.39, 0.29) is 0 Å². The van der Waals surface area contributed by atoms with Gasteiger partial charge in [-0.15, -0.1) is 0 Å². The van der Waals surface area contributed by atoms with Crippen molar-refractivity contribution >= 4 is 19.4 Å². The van der Waals surface area contributed by atoms with Crippen LogP contribution in [0.25, 0.3) is 0 Å². The number of nitrogens with zero attached hydrogens (tertiary/aromatic N) is 1. The molecule has 68 valence electrons. The van der Waals surface area contributed by atoms with Gasteiger partial charge in [-0.2, -0.15) is 4.57 Å². The summed E-state index contributed by atoms with van der Waals surface area (Å²) in [5.74, 6) is 0. The second-order valence-corrected chi connectivity index (χ2v) is 10.8. The molecule has 0 atom stereocenters. The van der Waals surface area contributed by atoms with E-state index < -0.39 is 8.07 Å². The quantitative estimate of drug-likeness (QED) is 0.520. The molecule has 1 heterocycles. The van der Waals surface area contributed by atoms with Crippen molar-refractivity contribution in [2.75, 3.05) is 0 Å². The maximum Gasteiger partial charge on any atom is 0.224 e. The summed E-state index contributed by atoms with van der Waals surface area (Å²) in [6.45, 7) is 8.51. The number of rotatable bonds is 4. The molecule has 1 nitrogen and oxygen atoms in total. The van der Waals surface area contributed by atoms with Crippen molar-refractivity contribution in [3.63, 3.8) is 0 Å². The summed E-state index contributed by atoms with van der Waals surface area (Å²) >= 11 is 1.77. The molecule has 0 radical (unpaired) electrons. The number of aryl methyl sites for hydroxylation is 1. The topological polar surface area (TPSA) is 3.88 Å². The summed E-state index contributed by atoms with van der Waals surface area (Å²) < 4.78 is 2.28. The number of thiazole rings is 1. The van der Waals surface area contributed by atoms with Gasteiger partial charge in [0.1, 0.15) is 6.54 Å². The van der Waals surface area contributed by atoms with E-state index in [2.05, 4.69) is 41.3 Å². The van der Waals surface area contributed by atoms with Gasteiger partial charge in [0.05, 0.1) is 5.38 Å². The highest BCUT2D eigenvalue weighted by Crippen LogP contribution is 2.10. The summed E-state index contributed by atoms with van der Waals surface area (Å²) in [6.07, 6.45) is 3.51. The summed E-state index contributed by atoms with van der Waals surface area (Å²) in [5, 5.41) is 2.13. The van der Waals surface area contributed by atoms with Crippen molar-refractivity contribution in [1.82, 2.24) is 0 Å². The van der Waals surface area contributed by atoms with Gasteiger partial charge in [-0.3, -0.25) is 0 Å². The Kier molecular flexibility index (Phi) is 3.47. The molecular formula is C9H18NSSi+. The van der Waals surface area contributed by atoms with Gasteiger partial charge in [0.25, 0.3) is 0 Å². The van der Waals surface area contributed by atoms with Crippen LogP contribution in [0.2, 0.25) is 25.7 Å². The molecule has 0 aromatic carbocycles. The van der Waals surface area contributed by atoms with Crippen LogP contribution in [-0.2, 0) is 6.54 Å². The molecule has 0 saturated heterocycles. The van der Waals surface area contributed by atoms with Crippen LogP contribution in [0.5, 0.6) is 0 Å². The average Bonchev–Trinajstić information content (AvgIpc) is 2.36. The van der Waals surface area contributed by atoms with Crippen LogP contribution in [0.3, 0.4) is 0 Å². The van der Waals surface area contributed by atoms with Gasteiger partial charge in [-0.05, 0) is 0 Å². The summed E-state index contributed by atoms with van der Waals surface area (Å²) in [5.41, 5.74) is 2.18. The number of hydrogen-bond acceptors (Lipinski definition) is 1. The second-order valence-electron chi connectivity index (χ2n) is 4.43. The molecule has 0 saturated carbocycles. The zero-order valence-corrected chi connectivity index (χ0v) is 10.0. The van der Waals surface area contributed by atoms with E-state index in [9.17, 15) is 0 Å². The van der Waals surface area contributed by atoms with Gasteiger partial charge in [0.15, 0.2) is 6.20 Å². The first-order chi connectivity index (χ1) is 5.58. The smallest absolute Gasteiger partial charge is 0.195 e. The van der Waals surface area contributed by atoms with Crippen LogP contribution in [0.4, 0.5) is 0 Å². The van der Waals surface area contributed by atoms with Crippen molar-refractivity contribution in [1.29, 1.82) is 0 Å². The lowest BCUT2D eigenvalue weighted by atomic mass is 10.5. The summed E-state index contributed by atoms with van der Waals surface area (Å²) in [4.78, 5) is 0. The maximum absolute atomic E-state index is 2.44. The van der Waals surface area contributed by atoms with E-state index in [1.54, 1.807) is 11.3 Å². The Morgan fingerprint density at radius 2 is 2.08 bits per heavy atom. The molecule has 1 aromatic rings. The summed E-state index contributed by atoms with van der Waals surface area (Å²) in [6, 6.07) is 1.44. The Morgan fingerprint density at radius 3 is 2.58 bits per heavy atom. The molecule has 0 aliphatic carbocycles. The van der Waals surface area contributed by atoms with Crippen molar-refractivity contribution in [3.05, 3.63) is 17.1 Å². The molecule has 0 spiro atoms. The molecule has 12 heavy (non-hydrogen) atoms. The van der Waals surface area contributed by atoms with E-state index in [0.29, 0.717) is 0 Å². The molecule has 0 amide bonds. The Morgan fingerprint density at radius 1 is 1.33 bits per heavy atom. The molecule has 3 heteroatoms.